The second-order valence-corrected chi connectivity index (χ2v) is 12.5. The summed E-state index contributed by atoms with van der Waals surface area (Å²) in [6.07, 6.45) is 3.35. The molecule has 0 bridgehead atoms. The first kappa shape index (κ1) is 30.2. The molecule has 0 aliphatic carbocycles. The molecular formula is C32H38N2O4S2. The van der Waals surface area contributed by atoms with Crippen molar-refractivity contribution in [1.82, 2.24) is 10.2 Å². The number of aryl methyl sites for hydroxylation is 1. The van der Waals surface area contributed by atoms with E-state index in [1.54, 1.807) is 18.9 Å². The van der Waals surface area contributed by atoms with Gasteiger partial charge in [-0.15, -0.1) is 11.8 Å². The molecule has 1 unspecified atom stereocenters. The number of amides is 1. The molecule has 2 N–H and O–H groups in total. The van der Waals surface area contributed by atoms with Crippen LogP contribution in [0, 0.1) is 6.92 Å². The number of methoxy groups -OCH3 is 1. The van der Waals surface area contributed by atoms with Gasteiger partial charge in [-0.1, -0.05) is 48.5 Å². The number of nitrogens with zero attached hydrogens (tertiary/aromatic N) is 1. The lowest BCUT2D eigenvalue weighted by atomic mass is 9.93. The molecular weight excluding hydrogens is 540 g/mol. The van der Waals surface area contributed by atoms with Crippen molar-refractivity contribution in [2.45, 2.75) is 48.5 Å². The lowest BCUT2D eigenvalue weighted by molar-refractivity contribution is -0.139. The van der Waals surface area contributed by atoms with E-state index in [9.17, 15) is 14.7 Å². The highest BCUT2D eigenvalue weighted by Crippen LogP contribution is 2.35. The third-order valence-electron chi connectivity index (χ3n) is 7.26. The Kier molecular flexibility index (Phi) is 11.1. The van der Waals surface area contributed by atoms with Crippen LogP contribution in [0.1, 0.15) is 34.3 Å². The van der Waals surface area contributed by atoms with E-state index in [0.29, 0.717) is 35.6 Å². The third kappa shape index (κ3) is 7.91. The SMILES string of the molecule is COC[C@@H]1CC(Sc2ccccc2)CN1Cc1ccc(C(=O)N[C@@H](CCSC)C(=O)O)c(-c2ccccc2C)c1. The van der Waals surface area contributed by atoms with E-state index in [2.05, 4.69) is 40.5 Å². The Morgan fingerprint density at radius 2 is 1.82 bits per heavy atom. The molecule has 3 aromatic rings. The van der Waals surface area contributed by atoms with E-state index >= 15 is 0 Å². The number of thioether (sulfide) groups is 2. The number of benzene rings is 3. The molecule has 212 valence electrons. The number of carbonyl (C=O) groups is 2. The molecule has 1 saturated heterocycles. The summed E-state index contributed by atoms with van der Waals surface area (Å²) >= 11 is 3.48. The molecule has 1 heterocycles. The number of hydrogen-bond donors (Lipinski definition) is 2. The molecule has 40 heavy (non-hydrogen) atoms. The van der Waals surface area contributed by atoms with E-state index in [1.165, 1.54) is 4.90 Å². The van der Waals surface area contributed by atoms with Gasteiger partial charge >= 0.3 is 5.97 Å². The fourth-order valence-electron chi connectivity index (χ4n) is 5.22. The molecule has 6 nitrogen and oxygen atoms in total. The molecule has 3 aromatic carbocycles. The van der Waals surface area contributed by atoms with Gasteiger partial charge in [-0.2, -0.15) is 11.8 Å². The Morgan fingerprint density at radius 3 is 2.52 bits per heavy atom. The summed E-state index contributed by atoms with van der Waals surface area (Å²) < 4.78 is 5.58. The molecule has 1 aliphatic rings. The van der Waals surface area contributed by atoms with Crippen molar-refractivity contribution in [3.63, 3.8) is 0 Å². The Bertz CT molecular complexity index is 1290. The number of rotatable bonds is 13. The van der Waals surface area contributed by atoms with Crippen molar-refractivity contribution in [2.24, 2.45) is 0 Å². The molecule has 0 spiro atoms. The number of aliphatic carboxylic acids is 1. The predicted molar refractivity (Wildman–Crippen MR) is 165 cm³/mol. The van der Waals surface area contributed by atoms with Crippen LogP contribution in [0.25, 0.3) is 11.1 Å². The Balaban J connectivity index is 1.59. The highest BCUT2D eigenvalue weighted by atomic mass is 32.2. The average molecular weight is 579 g/mol. The predicted octanol–water partition coefficient (Wildman–Crippen LogP) is 5.98. The van der Waals surface area contributed by atoms with Crippen molar-refractivity contribution < 1.29 is 19.4 Å². The highest BCUT2D eigenvalue weighted by molar-refractivity contribution is 8.00. The third-order valence-corrected chi connectivity index (χ3v) is 9.12. The van der Waals surface area contributed by atoms with Crippen molar-refractivity contribution in [2.75, 3.05) is 32.3 Å². The maximum Gasteiger partial charge on any atom is 0.326 e. The van der Waals surface area contributed by atoms with Crippen LogP contribution in [0.2, 0.25) is 0 Å². The fourth-order valence-corrected chi connectivity index (χ4v) is 6.98. The van der Waals surface area contributed by atoms with E-state index < -0.39 is 12.0 Å². The molecule has 1 fully saturated rings. The van der Waals surface area contributed by atoms with E-state index in [0.717, 1.165) is 41.8 Å². The molecule has 3 atom stereocenters. The molecule has 8 heteroatoms. The van der Waals surface area contributed by atoms with Gasteiger partial charge < -0.3 is 15.2 Å². The second kappa shape index (κ2) is 14.7. The van der Waals surface area contributed by atoms with Crippen molar-refractivity contribution in [1.29, 1.82) is 0 Å². The molecule has 4 rings (SSSR count). The number of hydrogen-bond acceptors (Lipinski definition) is 6. The van der Waals surface area contributed by atoms with Crippen LogP contribution in [0.15, 0.2) is 77.7 Å². The Labute approximate surface area is 245 Å². The molecule has 0 aromatic heterocycles. The zero-order chi connectivity index (χ0) is 28.5. The molecule has 1 aliphatic heterocycles. The van der Waals surface area contributed by atoms with E-state index in [-0.39, 0.29) is 5.91 Å². The number of nitrogens with one attached hydrogen (secondary N) is 1. The van der Waals surface area contributed by atoms with E-state index in [4.69, 9.17) is 4.74 Å². The van der Waals surface area contributed by atoms with Gasteiger partial charge in [0.15, 0.2) is 0 Å². The van der Waals surface area contributed by atoms with Crippen LogP contribution in [0.4, 0.5) is 0 Å². The first-order chi connectivity index (χ1) is 19.4. The summed E-state index contributed by atoms with van der Waals surface area (Å²) in [5.41, 5.74) is 4.44. The van der Waals surface area contributed by atoms with Gasteiger partial charge in [0, 0.05) is 42.0 Å². The highest BCUT2D eigenvalue weighted by Gasteiger charge is 2.33. The lowest BCUT2D eigenvalue weighted by Gasteiger charge is -2.24. The van der Waals surface area contributed by atoms with Gasteiger partial charge in [-0.25, -0.2) is 4.79 Å². The molecule has 0 saturated carbocycles. The molecule has 0 radical (unpaired) electrons. The molecule has 1 amide bonds. The summed E-state index contributed by atoms with van der Waals surface area (Å²) in [7, 11) is 1.75. The number of ether oxygens (including phenoxy) is 1. The van der Waals surface area contributed by atoms with Crippen LogP contribution in [-0.4, -0.2) is 71.5 Å². The summed E-state index contributed by atoms with van der Waals surface area (Å²) in [4.78, 5) is 29.0. The summed E-state index contributed by atoms with van der Waals surface area (Å²) in [5.74, 6) is -0.725. The lowest BCUT2D eigenvalue weighted by Crippen LogP contribution is -2.41. The first-order valence-corrected chi connectivity index (χ1v) is 15.8. The average Bonchev–Trinajstić information content (AvgIpc) is 3.31. The Morgan fingerprint density at radius 1 is 1.07 bits per heavy atom. The standard InChI is InChI=1S/C32H38N2O4S2/c1-22-9-7-8-12-27(22)29-17-23(13-14-28(29)31(35)33-30(32(36)37)15-16-39-3)19-34-20-26(18-24(34)21-38-2)40-25-10-5-4-6-11-25/h4-14,17,24,26,30H,15-16,18-21H2,1-3H3,(H,33,35)(H,36,37)/t24-,26?,30-/m0/s1. The largest absolute Gasteiger partial charge is 0.480 e. The van der Waals surface area contributed by atoms with Gasteiger partial charge in [0.05, 0.1) is 6.61 Å². The number of carbonyl (C=O) groups excluding carboxylic acids is 1. The van der Waals surface area contributed by atoms with Gasteiger partial charge in [-0.3, -0.25) is 9.69 Å². The van der Waals surface area contributed by atoms with Crippen LogP contribution < -0.4 is 5.32 Å². The van der Waals surface area contributed by atoms with E-state index in [1.807, 2.05) is 67.4 Å². The minimum Gasteiger partial charge on any atom is -0.480 e. The minimum absolute atomic E-state index is 0.309. The second-order valence-electron chi connectivity index (χ2n) is 10.2. The first-order valence-electron chi connectivity index (χ1n) is 13.6. The Hall–Kier alpha value is -2.78. The fraction of sp³-hybridized carbons (Fsp3) is 0.375. The number of carboxylic acids is 1. The van der Waals surface area contributed by atoms with Crippen molar-refractivity contribution in [3.05, 3.63) is 89.5 Å². The van der Waals surface area contributed by atoms with Crippen molar-refractivity contribution >= 4 is 35.4 Å². The van der Waals surface area contributed by atoms with Crippen LogP contribution in [0.5, 0.6) is 0 Å². The minimum atomic E-state index is -1.02. The maximum absolute atomic E-state index is 13.4. The normalized spacial score (nSPS) is 18.0. The van der Waals surface area contributed by atoms with Gasteiger partial charge in [-0.05, 0) is 78.3 Å². The zero-order valence-electron chi connectivity index (χ0n) is 23.3. The smallest absolute Gasteiger partial charge is 0.326 e. The van der Waals surface area contributed by atoms with Crippen molar-refractivity contribution in [3.8, 4) is 11.1 Å². The van der Waals surface area contributed by atoms with Gasteiger partial charge in [0.1, 0.15) is 6.04 Å². The van der Waals surface area contributed by atoms with Crippen LogP contribution in [0.3, 0.4) is 0 Å². The topological polar surface area (TPSA) is 78.9 Å². The maximum atomic E-state index is 13.4. The number of likely N-dealkylation sites (tertiary alicyclic amines) is 1. The summed E-state index contributed by atoms with van der Waals surface area (Å²) in [5, 5.41) is 12.9. The van der Waals surface area contributed by atoms with Crippen LogP contribution in [-0.2, 0) is 16.1 Å². The van der Waals surface area contributed by atoms with Gasteiger partial charge in [0.2, 0.25) is 0 Å². The summed E-state index contributed by atoms with van der Waals surface area (Å²) in [6, 6.07) is 23.8. The van der Waals surface area contributed by atoms with Gasteiger partial charge in [0.25, 0.3) is 5.91 Å². The summed E-state index contributed by atoms with van der Waals surface area (Å²) in [6.45, 7) is 4.39. The quantitative estimate of drug-likeness (QED) is 0.258. The number of carboxylic acid groups (broad SMARTS) is 1. The zero-order valence-corrected chi connectivity index (χ0v) is 25.0. The van der Waals surface area contributed by atoms with Crippen LogP contribution >= 0.6 is 23.5 Å². The monoisotopic (exact) mass is 578 g/mol.